The van der Waals surface area contributed by atoms with Crippen LogP contribution in [0.4, 0.5) is 5.69 Å². The third-order valence-corrected chi connectivity index (χ3v) is 2.80. The van der Waals surface area contributed by atoms with Gasteiger partial charge in [-0.1, -0.05) is 38.0 Å². The van der Waals surface area contributed by atoms with E-state index in [9.17, 15) is 9.59 Å². The lowest BCUT2D eigenvalue weighted by Crippen LogP contribution is -2.25. The van der Waals surface area contributed by atoms with Crippen molar-refractivity contribution in [3.05, 3.63) is 30.3 Å². The molecule has 0 bridgehead atoms. The Morgan fingerprint density at radius 2 is 1.94 bits per heavy atom. The first-order valence-electron chi connectivity index (χ1n) is 5.85. The van der Waals surface area contributed by atoms with Gasteiger partial charge in [0.05, 0.1) is 5.69 Å². The minimum absolute atomic E-state index is 0.255. The van der Waals surface area contributed by atoms with Crippen LogP contribution >= 0.6 is 0 Å². The number of amides is 1. The standard InChI is InChI=1S/C13H15NO3/c1-2-3-9-11-12(15)14(17-13(11)16)10-7-5-4-6-8-10/h4-8,11H,2-3,9H2,1H3. The van der Waals surface area contributed by atoms with Crippen molar-refractivity contribution >= 4 is 17.6 Å². The van der Waals surface area contributed by atoms with Crippen LogP contribution in [0, 0.1) is 5.92 Å². The Labute approximate surface area is 100 Å². The molecule has 0 aromatic heterocycles. The predicted octanol–water partition coefficient (Wildman–Crippen LogP) is 2.30. The third kappa shape index (κ3) is 2.30. The van der Waals surface area contributed by atoms with E-state index in [2.05, 4.69) is 0 Å². The van der Waals surface area contributed by atoms with Crippen LogP contribution in [0.3, 0.4) is 0 Å². The van der Waals surface area contributed by atoms with Crippen LogP contribution in [0.5, 0.6) is 0 Å². The number of unbranched alkanes of at least 4 members (excludes halogenated alkanes) is 1. The van der Waals surface area contributed by atoms with Gasteiger partial charge in [0.25, 0.3) is 5.91 Å². The summed E-state index contributed by atoms with van der Waals surface area (Å²) in [5.74, 6) is -1.32. The maximum atomic E-state index is 12.0. The fourth-order valence-corrected chi connectivity index (χ4v) is 1.83. The van der Waals surface area contributed by atoms with Gasteiger partial charge in [0.1, 0.15) is 5.92 Å². The smallest absolute Gasteiger partial charge is 0.332 e. The van der Waals surface area contributed by atoms with Gasteiger partial charge in [0, 0.05) is 0 Å². The minimum Gasteiger partial charge on any atom is -0.332 e. The summed E-state index contributed by atoms with van der Waals surface area (Å²) in [6.45, 7) is 2.03. The highest BCUT2D eigenvalue weighted by Crippen LogP contribution is 2.26. The molecule has 1 fully saturated rings. The van der Waals surface area contributed by atoms with E-state index in [0.717, 1.165) is 17.9 Å². The van der Waals surface area contributed by atoms with Crippen LogP contribution in [0.25, 0.3) is 0 Å². The van der Waals surface area contributed by atoms with E-state index >= 15 is 0 Å². The molecule has 17 heavy (non-hydrogen) atoms. The van der Waals surface area contributed by atoms with E-state index in [0.29, 0.717) is 12.1 Å². The van der Waals surface area contributed by atoms with Gasteiger partial charge in [-0.05, 0) is 18.6 Å². The van der Waals surface area contributed by atoms with Crippen molar-refractivity contribution in [3.8, 4) is 0 Å². The number of hydrogen-bond acceptors (Lipinski definition) is 3. The highest BCUT2D eigenvalue weighted by Gasteiger charge is 2.42. The molecule has 1 aromatic carbocycles. The minimum atomic E-state index is -0.629. The SMILES string of the molecule is CCCCC1C(=O)ON(c2ccccc2)C1=O. The summed E-state index contributed by atoms with van der Waals surface area (Å²) in [5, 5.41) is 1.10. The van der Waals surface area contributed by atoms with E-state index in [1.807, 2.05) is 13.0 Å². The van der Waals surface area contributed by atoms with Crippen molar-refractivity contribution in [2.24, 2.45) is 5.92 Å². The average Bonchev–Trinajstić information content (AvgIpc) is 2.64. The van der Waals surface area contributed by atoms with E-state index in [-0.39, 0.29) is 5.91 Å². The number of carbonyl (C=O) groups excluding carboxylic acids is 2. The van der Waals surface area contributed by atoms with Crippen LogP contribution in [-0.4, -0.2) is 11.9 Å². The molecule has 1 saturated heterocycles. The second-order valence-electron chi connectivity index (χ2n) is 4.07. The molecular formula is C13H15NO3. The largest absolute Gasteiger partial charge is 0.345 e. The lowest BCUT2D eigenvalue weighted by molar-refractivity contribution is -0.142. The van der Waals surface area contributed by atoms with Gasteiger partial charge in [-0.2, -0.15) is 0 Å². The normalized spacial score (nSPS) is 19.6. The Balaban J connectivity index is 2.13. The highest BCUT2D eigenvalue weighted by atomic mass is 16.7. The van der Waals surface area contributed by atoms with Gasteiger partial charge >= 0.3 is 5.97 Å². The second kappa shape index (κ2) is 4.99. The first-order chi connectivity index (χ1) is 8.24. The van der Waals surface area contributed by atoms with E-state index < -0.39 is 11.9 Å². The van der Waals surface area contributed by atoms with Crippen LogP contribution < -0.4 is 5.06 Å². The molecule has 1 aliphatic heterocycles. The number of hydrogen-bond donors (Lipinski definition) is 0. The molecule has 2 rings (SSSR count). The van der Waals surface area contributed by atoms with Gasteiger partial charge in [0.15, 0.2) is 0 Å². The molecule has 1 amide bonds. The summed E-state index contributed by atoms with van der Waals surface area (Å²) in [6, 6.07) is 8.94. The van der Waals surface area contributed by atoms with Crippen molar-refractivity contribution < 1.29 is 14.4 Å². The quantitative estimate of drug-likeness (QED) is 0.750. The van der Waals surface area contributed by atoms with Crippen molar-refractivity contribution in [1.29, 1.82) is 0 Å². The zero-order chi connectivity index (χ0) is 12.3. The van der Waals surface area contributed by atoms with Crippen molar-refractivity contribution in [2.45, 2.75) is 26.2 Å². The summed E-state index contributed by atoms with van der Waals surface area (Å²) >= 11 is 0. The van der Waals surface area contributed by atoms with Crippen LogP contribution in [0.1, 0.15) is 26.2 Å². The highest BCUT2D eigenvalue weighted by molar-refractivity contribution is 6.10. The number of rotatable bonds is 4. The summed E-state index contributed by atoms with van der Waals surface area (Å²) in [4.78, 5) is 28.6. The lowest BCUT2D eigenvalue weighted by Gasteiger charge is -2.12. The molecule has 0 spiro atoms. The van der Waals surface area contributed by atoms with Crippen LogP contribution in [-0.2, 0) is 14.4 Å². The molecule has 1 aromatic rings. The third-order valence-electron chi connectivity index (χ3n) is 2.80. The molecule has 1 heterocycles. The fraction of sp³-hybridized carbons (Fsp3) is 0.385. The summed E-state index contributed by atoms with van der Waals surface area (Å²) < 4.78 is 0. The van der Waals surface area contributed by atoms with Crippen molar-refractivity contribution in [3.63, 3.8) is 0 Å². The molecule has 0 radical (unpaired) electrons. The van der Waals surface area contributed by atoms with E-state index in [1.165, 1.54) is 0 Å². The van der Waals surface area contributed by atoms with E-state index in [4.69, 9.17) is 4.84 Å². The van der Waals surface area contributed by atoms with Gasteiger partial charge in [-0.15, -0.1) is 5.06 Å². The monoisotopic (exact) mass is 233 g/mol. The molecule has 0 N–H and O–H groups in total. The first kappa shape index (κ1) is 11.6. The number of para-hydroxylation sites is 1. The summed E-state index contributed by atoms with van der Waals surface area (Å²) in [5.41, 5.74) is 0.602. The second-order valence-corrected chi connectivity index (χ2v) is 4.07. The molecule has 1 unspecified atom stereocenters. The van der Waals surface area contributed by atoms with Crippen molar-refractivity contribution in [1.82, 2.24) is 0 Å². The van der Waals surface area contributed by atoms with Gasteiger partial charge in [0.2, 0.25) is 0 Å². The predicted molar refractivity (Wildman–Crippen MR) is 63.0 cm³/mol. The number of carbonyl (C=O) groups is 2. The molecule has 1 aliphatic rings. The molecule has 4 heteroatoms. The molecule has 0 aliphatic carbocycles. The Hall–Kier alpha value is -1.84. The lowest BCUT2D eigenvalue weighted by atomic mass is 10.0. The van der Waals surface area contributed by atoms with Gasteiger partial charge in [-0.25, -0.2) is 4.79 Å². The molecule has 0 saturated carbocycles. The fourth-order valence-electron chi connectivity index (χ4n) is 1.83. The van der Waals surface area contributed by atoms with Gasteiger partial charge in [-0.3, -0.25) is 4.79 Å². The Morgan fingerprint density at radius 3 is 2.59 bits per heavy atom. The van der Waals surface area contributed by atoms with Crippen LogP contribution in [0.2, 0.25) is 0 Å². The van der Waals surface area contributed by atoms with Crippen LogP contribution in [0.15, 0.2) is 30.3 Å². The average molecular weight is 233 g/mol. The maximum absolute atomic E-state index is 12.0. The number of anilines is 1. The number of hydroxylamine groups is 1. The number of nitrogens with zero attached hydrogens (tertiary/aromatic N) is 1. The Morgan fingerprint density at radius 1 is 1.24 bits per heavy atom. The van der Waals surface area contributed by atoms with Crippen molar-refractivity contribution in [2.75, 3.05) is 5.06 Å². The Kier molecular flexibility index (Phi) is 3.42. The zero-order valence-corrected chi connectivity index (χ0v) is 9.76. The molecule has 90 valence electrons. The first-order valence-corrected chi connectivity index (χ1v) is 5.85. The number of benzene rings is 1. The molecule has 1 atom stereocenters. The Bertz CT molecular complexity index is 416. The summed E-state index contributed by atoms with van der Waals surface area (Å²) in [6.07, 6.45) is 2.38. The zero-order valence-electron chi connectivity index (χ0n) is 9.76. The topological polar surface area (TPSA) is 46.6 Å². The maximum Gasteiger partial charge on any atom is 0.345 e. The van der Waals surface area contributed by atoms with E-state index in [1.54, 1.807) is 24.3 Å². The summed E-state index contributed by atoms with van der Waals surface area (Å²) in [7, 11) is 0. The van der Waals surface area contributed by atoms with Gasteiger partial charge < -0.3 is 4.84 Å². The molecule has 4 nitrogen and oxygen atoms in total. The molecular weight excluding hydrogens is 218 g/mol.